The number of aromatic nitrogens is 1. The number of benzene rings is 3. The van der Waals surface area contributed by atoms with E-state index in [1.54, 1.807) is 29.3 Å². The lowest BCUT2D eigenvalue weighted by Gasteiger charge is -2.25. The first kappa shape index (κ1) is 26.7. The van der Waals surface area contributed by atoms with Crippen molar-refractivity contribution < 1.29 is 28.6 Å². The third kappa shape index (κ3) is 5.98. The molecule has 0 unspecified atom stereocenters. The second-order valence-corrected chi connectivity index (χ2v) is 10.5. The fraction of sp³-hybridized carbons (Fsp3) is 0.273. The van der Waals surface area contributed by atoms with Gasteiger partial charge in [-0.05, 0) is 54.3 Å². The summed E-state index contributed by atoms with van der Waals surface area (Å²) in [6.07, 6.45) is 2.98. The molecule has 3 aromatic carbocycles. The van der Waals surface area contributed by atoms with Crippen LogP contribution in [0.2, 0.25) is 0 Å². The lowest BCUT2D eigenvalue weighted by Crippen LogP contribution is -2.42. The number of ether oxygens (including phenoxy) is 3. The maximum Gasteiger partial charge on any atom is 0.415 e. The van der Waals surface area contributed by atoms with Crippen molar-refractivity contribution in [1.29, 1.82) is 0 Å². The topological polar surface area (TPSA) is 95.0 Å². The molecule has 1 aromatic heterocycles. The molecule has 6 rings (SSSR count). The Morgan fingerprint density at radius 2 is 1.46 bits per heavy atom. The molecule has 208 valence electrons. The summed E-state index contributed by atoms with van der Waals surface area (Å²) in [5, 5.41) is 0.769. The molecule has 2 fully saturated rings. The zero-order chi connectivity index (χ0) is 28.2. The van der Waals surface area contributed by atoms with E-state index in [0.717, 1.165) is 16.5 Å². The number of pyridine rings is 1. The number of hydrogen-bond donors (Lipinski definition) is 0. The van der Waals surface area contributed by atoms with Crippen LogP contribution < -0.4 is 9.47 Å². The summed E-state index contributed by atoms with van der Waals surface area (Å²) < 4.78 is 17.0. The van der Waals surface area contributed by atoms with Crippen LogP contribution in [-0.2, 0) is 27.2 Å². The van der Waals surface area contributed by atoms with E-state index < -0.39 is 11.5 Å². The van der Waals surface area contributed by atoms with E-state index in [4.69, 9.17) is 14.2 Å². The highest BCUT2D eigenvalue weighted by atomic mass is 16.6. The maximum absolute atomic E-state index is 13.1. The quantitative estimate of drug-likeness (QED) is 0.252. The molecule has 1 saturated carbocycles. The van der Waals surface area contributed by atoms with Gasteiger partial charge in [0.2, 0.25) is 0 Å². The number of ketones is 2. The van der Waals surface area contributed by atoms with Crippen LogP contribution in [0.5, 0.6) is 17.2 Å². The van der Waals surface area contributed by atoms with Crippen molar-refractivity contribution in [1.82, 2.24) is 9.88 Å². The predicted octanol–water partition coefficient (Wildman–Crippen LogP) is 5.56. The molecule has 0 N–H and O–H groups in total. The number of hydrogen-bond acceptors (Lipinski definition) is 7. The molecule has 0 radical (unpaired) electrons. The van der Waals surface area contributed by atoms with Gasteiger partial charge in [0.1, 0.15) is 17.2 Å². The molecule has 8 nitrogen and oxygen atoms in total. The Kier molecular flexibility index (Phi) is 7.48. The van der Waals surface area contributed by atoms with E-state index in [1.165, 1.54) is 0 Å². The Bertz CT molecular complexity index is 1570. The average Bonchev–Trinajstić information content (AvgIpc) is 3.82. The highest BCUT2D eigenvalue weighted by Crippen LogP contribution is 2.48. The molecule has 8 heteroatoms. The highest BCUT2D eigenvalue weighted by molar-refractivity contribution is 6.10. The van der Waals surface area contributed by atoms with E-state index in [-0.39, 0.29) is 24.4 Å². The van der Waals surface area contributed by atoms with E-state index in [9.17, 15) is 14.4 Å². The molecule has 2 heterocycles. The standard InChI is InChI=1S/C33H30N2O6/c36-30(20-23-4-2-1-3-5-23)33(13-14-33)31(37)21-24-6-8-25(9-7-24)40-29-12-15-34-28-22-26(10-11-27(28)29)41-32(38)35-16-18-39-19-17-35/h1-12,15,22H,13-14,16-21H2. The van der Waals surface area contributed by atoms with Crippen molar-refractivity contribution in [2.75, 3.05) is 26.3 Å². The van der Waals surface area contributed by atoms with E-state index in [2.05, 4.69) is 4.98 Å². The normalized spacial score (nSPS) is 15.8. The van der Waals surface area contributed by atoms with Gasteiger partial charge in [-0.15, -0.1) is 0 Å². The Morgan fingerprint density at radius 3 is 2.15 bits per heavy atom. The monoisotopic (exact) mass is 550 g/mol. The van der Waals surface area contributed by atoms with Crippen molar-refractivity contribution in [2.24, 2.45) is 5.41 Å². The fourth-order valence-corrected chi connectivity index (χ4v) is 5.11. The summed E-state index contributed by atoms with van der Waals surface area (Å²) in [6, 6.07) is 23.9. The molecule has 1 saturated heterocycles. The molecule has 4 aromatic rings. The van der Waals surface area contributed by atoms with Crippen molar-refractivity contribution >= 4 is 28.6 Å². The molecule has 41 heavy (non-hydrogen) atoms. The van der Waals surface area contributed by atoms with Crippen molar-refractivity contribution in [3.8, 4) is 17.2 Å². The van der Waals surface area contributed by atoms with Crippen LogP contribution in [0, 0.1) is 5.41 Å². The molecule has 0 bridgehead atoms. The maximum atomic E-state index is 13.1. The molecule has 1 aliphatic carbocycles. The van der Waals surface area contributed by atoms with Crippen LogP contribution in [0.3, 0.4) is 0 Å². The Balaban J connectivity index is 1.09. The second-order valence-electron chi connectivity index (χ2n) is 10.5. The summed E-state index contributed by atoms with van der Waals surface area (Å²) in [7, 11) is 0. The average molecular weight is 551 g/mol. The first-order chi connectivity index (χ1) is 20.0. The van der Waals surface area contributed by atoms with Crippen LogP contribution in [0.1, 0.15) is 24.0 Å². The van der Waals surface area contributed by atoms with Crippen molar-refractivity contribution in [3.63, 3.8) is 0 Å². The first-order valence-electron chi connectivity index (χ1n) is 13.8. The summed E-state index contributed by atoms with van der Waals surface area (Å²) >= 11 is 0. The molecule has 0 atom stereocenters. The number of fused-ring (bicyclic) bond motifs is 1. The van der Waals surface area contributed by atoms with Gasteiger partial charge in [0.05, 0.1) is 24.1 Å². The smallest absolute Gasteiger partial charge is 0.415 e. The van der Waals surface area contributed by atoms with Crippen LogP contribution in [0.15, 0.2) is 85.1 Å². The van der Waals surface area contributed by atoms with Gasteiger partial charge < -0.3 is 19.1 Å². The Labute approximate surface area is 237 Å². The second kappa shape index (κ2) is 11.5. The number of morpholine rings is 1. The highest BCUT2D eigenvalue weighted by Gasteiger charge is 2.54. The zero-order valence-electron chi connectivity index (χ0n) is 22.6. The van der Waals surface area contributed by atoms with E-state index in [0.29, 0.717) is 61.9 Å². The van der Waals surface area contributed by atoms with Crippen molar-refractivity contribution in [3.05, 3.63) is 96.2 Å². The SMILES string of the molecule is O=C(Oc1ccc2c(Oc3ccc(CC(=O)C4(C(=O)Cc5ccccc5)CC4)cc3)ccnc2c1)N1CCOCC1. The minimum Gasteiger partial charge on any atom is -0.457 e. The van der Waals surface area contributed by atoms with Gasteiger partial charge in [-0.2, -0.15) is 0 Å². The van der Waals surface area contributed by atoms with Gasteiger partial charge in [-0.1, -0.05) is 42.5 Å². The van der Waals surface area contributed by atoms with Gasteiger partial charge in [0, 0.05) is 43.6 Å². The largest absolute Gasteiger partial charge is 0.457 e. The van der Waals surface area contributed by atoms with Gasteiger partial charge in [0.25, 0.3) is 0 Å². The first-order valence-corrected chi connectivity index (χ1v) is 13.8. The Morgan fingerprint density at radius 1 is 0.805 bits per heavy atom. The van der Waals surface area contributed by atoms with E-state index >= 15 is 0 Å². The molecule has 2 aliphatic rings. The van der Waals surface area contributed by atoms with Crippen LogP contribution >= 0.6 is 0 Å². The molecule has 0 spiro atoms. The zero-order valence-corrected chi connectivity index (χ0v) is 22.6. The lowest BCUT2D eigenvalue weighted by atomic mass is 9.88. The van der Waals surface area contributed by atoms with Crippen LogP contribution in [-0.4, -0.2) is 53.8 Å². The Hall–Kier alpha value is -4.56. The van der Waals surface area contributed by atoms with Crippen molar-refractivity contribution in [2.45, 2.75) is 25.7 Å². The van der Waals surface area contributed by atoms with E-state index in [1.807, 2.05) is 60.7 Å². The third-order valence-corrected chi connectivity index (χ3v) is 7.69. The van der Waals surface area contributed by atoms with Gasteiger partial charge in [-0.3, -0.25) is 14.6 Å². The molecular formula is C33H30N2O6. The number of nitrogens with zero attached hydrogens (tertiary/aromatic N) is 2. The predicted molar refractivity (Wildman–Crippen MR) is 152 cm³/mol. The molecule has 1 amide bonds. The molecular weight excluding hydrogens is 520 g/mol. The number of Topliss-reactive ketones (excluding diaryl/α,β-unsaturated/α-hetero) is 2. The van der Waals surface area contributed by atoms with Crippen LogP contribution in [0.25, 0.3) is 10.9 Å². The third-order valence-electron chi connectivity index (χ3n) is 7.69. The minimum absolute atomic E-state index is 0.0113. The van der Waals surface area contributed by atoms with Gasteiger partial charge in [-0.25, -0.2) is 4.79 Å². The lowest BCUT2D eigenvalue weighted by molar-refractivity contribution is -0.133. The summed E-state index contributed by atoms with van der Waals surface area (Å²) in [5.74, 6) is 1.61. The number of carbonyl (C=O) groups excluding carboxylic acids is 3. The minimum atomic E-state index is -0.837. The summed E-state index contributed by atoms with van der Waals surface area (Å²) in [5.41, 5.74) is 1.57. The van der Waals surface area contributed by atoms with Gasteiger partial charge >= 0.3 is 6.09 Å². The van der Waals surface area contributed by atoms with Gasteiger partial charge in [0.15, 0.2) is 11.6 Å². The fourth-order valence-electron chi connectivity index (χ4n) is 5.11. The number of carbonyl (C=O) groups is 3. The number of rotatable bonds is 9. The summed E-state index contributed by atoms with van der Waals surface area (Å²) in [6.45, 7) is 2.01. The van der Waals surface area contributed by atoms with Crippen LogP contribution in [0.4, 0.5) is 4.79 Å². The number of amides is 1. The molecule has 1 aliphatic heterocycles. The summed E-state index contributed by atoms with van der Waals surface area (Å²) in [4.78, 5) is 44.6.